The lowest BCUT2D eigenvalue weighted by molar-refractivity contribution is 0.233. The fourth-order valence-electron chi connectivity index (χ4n) is 1.74. The van der Waals surface area contributed by atoms with Crippen LogP contribution in [0.25, 0.3) is 0 Å². The van der Waals surface area contributed by atoms with Crippen molar-refractivity contribution in [1.82, 2.24) is 5.32 Å². The van der Waals surface area contributed by atoms with Gasteiger partial charge in [0.05, 0.1) is 0 Å². The summed E-state index contributed by atoms with van der Waals surface area (Å²) in [7, 11) is 0. The Bertz CT molecular complexity index is 164. The summed E-state index contributed by atoms with van der Waals surface area (Å²) >= 11 is 0. The molecule has 0 heterocycles. The van der Waals surface area contributed by atoms with Crippen molar-refractivity contribution in [3.8, 4) is 0 Å². The first kappa shape index (κ1) is 5.09. The van der Waals surface area contributed by atoms with E-state index in [4.69, 9.17) is 5.73 Å². The summed E-state index contributed by atoms with van der Waals surface area (Å²) in [6.07, 6.45) is 3.58. The highest BCUT2D eigenvalue weighted by atomic mass is 16.2. The van der Waals surface area contributed by atoms with Crippen molar-refractivity contribution in [2.75, 3.05) is 0 Å². The summed E-state index contributed by atoms with van der Waals surface area (Å²) in [4.78, 5) is 10.3. The molecule has 0 aromatic carbocycles. The van der Waals surface area contributed by atoms with Crippen LogP contribution < -0.4 is 11.1 Å². The third-order valence-corrected chi connectivity index (χ3v) is 2.54. The maximum Gasteiger partial charge on any atom is 0.312 e. The largest absolute Gasteiger partial charge is 0.352 e. The second-order valence-corrected chi connectivity index (χ2v) is 3.09. The summed E-state index contributed by atoms with van der Waals surface area (Å²) in [6, 6.07) is -0.364. The first-order chi connectivity index (χ1) is 4.23. The molecular formula is C6H10N2O. The van der Waals surface area contributed by atoms with Crippen molar-refractivity contribution < 1.29 is 4.79 Å². The Morgan fingerprint density at radius 1 is 1.78 bits per heavy atom. The predicted molar refractivity (Wildman–Crippen MR) is 32.8 cm³/mol. The third kappa shape index (κ3) is 0.544. The molecule has 3 N–H and O–H groups in total. The number of hydrogen-bond acceptors (Lipinski definition) is 1. The van der Waals surface area contributed by atoms with Crippen LogP contribution in [0.5, 0.6) is 0 Å². The lowest BCUT2D eigenvalue weighted by atomic mass is 9.93. The van der Waals surface area contributed by atoms with Gasteiger partial charge in [0.2, 0.25) is 0 Å². The van der Waals surface area contributed by atoms with Crippen LogP contribution in [0.15, 0.2) is 0 Å². The summed E-state index contributed by atoms with van der Waals surface area (Å²) in [5.74, 6) is 0.769. The zero-order valence-electron chi connectivity index (χ0n) is 5.18. The minimum absolute atomic E-state index is 0.186. The maximum atomic E-state index is 10.3. The Morgan fingerprint density at radius 2 is 2.56 bits per heavy atom. The van der Waals surface area contributed by atoms with Crippen molar-refractivity contribution in [2.24, 2.45) is 11.7 Å². The molecule has 0 aromatic rings. The third-order valence-electron chi connectivity index (χ3n) is 2.54. The zero-order valence-corrected chi connectivity index (χ0v) is 5.18. The highest BCUT2D eigenvalue weighted by molar-refractivity contribution is 5.73. The van der Waals surface area contributed by atoms with Gasteiger partial charge in [0, 0.05) is 5.54 Å². The fraction of sp³-hybridized carbons (Fsp3) is 0.833. The van der Waals surface area contributed by atoms with E-state index in [-0.39, 0.29) is 11.6 Å². The van der Waals surface area contributed by atoms with Crippen LogP contribution in [-0.2, 0) is 0 Å². The molecule has 0 spiro atoms. The number of nitrogens with one attached hydrogen (secondary N) is 1. The lowest BCUT2D eigenvalue weighted by Crippen LogP contribution is -2.45. The van der Waals surface area contributed by atoms with Crippen LogP contribution in [0.1, 0.15) is 19.3 Å². The number of nitrogens with two attached hydrogens (primary N) is 1. The molecule has 2 fully saturated rings. The van der Waals surface area contributed by atoms with E-state index < -0.39 is 0 Å². The number of fused-ring (bicyclic) bond motifs is 1. The van der Waals surface area contributed by atoms with Gasteiger partial charge in [-0.1, -0.05) is 0 Å². The van der Waals surface area contributed by atoms with Crippen LogP contribution in [0.3, 0.4) is 0 Å². The fourth-order valence-corrected chi connectivity index (χ4v) is 1.74. The number of amides is 2. The molecule has 2 amide bonds. The van der Waals surface area contributed by atoms with Gasteiger partial charge < -0.3 is 11.1 Å². The van der Waals surface area contributed by atoms with Gasteiger partial charge >= 0.3 is 6.03 Å². The van der Waals surface area contributed by atoms with Gasteiger partial charge in [-0.25, -0.2) is 4.79 Å². The van der Waals surface area contributed by atoms with Gasteiger partial charge in [0.25, 0.3) is 0 Å². The second kappa shape index (κ2) is 1.23. The van der Waals surface area contributed by atoms with Crippen molar-refractivity contribution in [3.63, 3.8) is 0 Å². The van der Waals surface area contributed by atoms with Gasteiger partial charge in [0.15, 0.2) is 0 Å². The smallest absolute Gasteiger partial charge is 0.312 e. The van der Waals surface area contributed by atoms with Gasteiger partial charge in [0.1, 0.15) is 0 Å². The maximum absolute atomic E-state index is 10.3. The molecule has 0 aliphatic heterocycles. The molecular weight excluding hydrogens is 116 g/mol. The van der Waals surface area contributed by atoms with E-state index in [2.05, 4.69) is 5.32 Å². The Balaban J connectivity index is 1.94. The quantitative estimate of drug-likeness (QED) is 0.518. The van der Waals surface area contributed by atoms with Crippen LogP contribution in [0.4, 0.5) is 4.79 Å². The predicted octanol–water partition coefficient (Wildman–Crippen LogP) is 0.207. The van der Waals surface area contributed by atoms with Gasteiger partial charge in [-0.2, -0.15) is 0 Å². The van der Waals surface area contributed by atoms with E-state index in [0.29, 0.717) is 0 Å². The summed E-state index contributed by atoms with van der Waals surface area (Å²) < 4.78 is 0. The molecule has 2 aliphatic carbocycles. The van der Waals surface area contributed by atoms with Gasteiger partial charge in [-0.3, -0.25) is 0 Å². The normalized spacial score (nSPS) is 44.7. The minimum atomic E-state index is -0.364. The Labute approximate surface area is 53.6 Å². The number of carbonyl (C=O) groups is 1. The highest BCUT2D eigenvalue weighted by Crippen LogP contribution is 2.59. The van der Waals surface area contributed by atoms with E-state index >= 15 is 0 Å². The summed E-state index contributed by atoms with van der Waals surface area (Å²) in [6.45, 7) is 0. The van der Waals surface area contributed by atoms with Crippen LogP contribution in [0.2, 0.25) is 0 Å². The number of hydrogen-bond donors (Lipinski definition) is 2. The second-order valence-electron chi connectivity index (χ2n) is 3.09. The number of urea groups is 1. The van der Waals surface area contributed by atoms with E-state index in [1.165, 1.54) is 6.42 Å². The molecule has 50 valence electrons. The molecule has 2 unspecified atom stereocenters. The first-order valence-electron chi connectivity index (χ1n) is 3.31. The molecule has 0 bridgehead atoms. The molecule has 2 aliphatic rings. The number of carbonyl (C=O) groups excluding carboxylic acids is 1. The topological polar surface area (TPSA) is 55.1 Å². The highest BCUT2D eigenvalue weighted by Gasteiger charge is 2.61. The molecule has 0 aromatic heterocycles. The van der Waals surface area contributed by atoms with Crippen molar-refractivity contribution in [3.05, 3.63) is 0 Å². The molecule has 2 rings (SSSR count). The van der Waals surface area contributed by atoms with Crippen molar-refractivity contribution >= 4 is 6.03 Å². The molecule has 3 nitrogen and oxygen atoms in total. The lowest BCUT2D eigenvalue weighted by Gasteiger charge is -2.25. The monoisotopic (exact) mass is 126 g/mol. The van der Waals surface area contributed by atoms with Gasteiger partial charge in [-0.15, -0.1) is 0 Å². The Hall–Kier alpha value is -0.730. The Morgan fingerprint density at radius 3 is 2.67 bits per heavy atom. The van der Waals surface area contributed by atoms with E-state index in [1.54, 1.807) is 0 Å². The summed E-state index contributed by atoms with van der Waals surface area (Å²) in [5.41, 5.74) is 5.15. The van der Waals surface area contributed by atoms with Crippen molar-refractivity contribution in [2.45, 2.75) is 24.8 Å². The molecule has 3 heteroatoms. The van der Waals surface area contributed by atoms with E-state index in [0.717, 1.165) is 18.8 Å². The SMILES string of the molecule is NC(=O)NC12CCC1C2. The van der Waals surface area contributed by atoms with Crippen LogP contribution in [0, 0.1) is 5.92 Å². The van der Waals surface area contributed by atoms with Crippen molar-refractivity contribution in [1.29, 1.82) is 0 Å². The van der Waals surface area contributed by atoms with E-state index in [1.807, 2.05) is 0 Å². The minimum Gasteiger partial charge on any atom is -0.352 e. The number of rotatable bonds is 1. The molecule has 2 atom stereocenters. The number of primary amides is 1. The molecule has 0 saturated heterocycles. The zero-order chi connectivity index (χ0) is 6.48. The summed E-state index contributed by atoms with van der Waals surface area (Å²) in [5, 5.41) is 2.77. The molecule has 9 heavy (non-hydrogen) atoms. The van der Waals surface area contributed by atoms with Crippen LogP contribution >= 0.6 is 0 Å². The average molecular weight is 126 g/mol. The molecule has 0 radical (unpaired) electrons. The average Bonchev–Trinajstić information content (AvgIpc) is 2.16. The van der Waals surface area contributed by atoms with E-state index in [9.17, 15) is 4.79 Å². The van der Waals surface area contributed by atoms with Gasteiger partial charge in [-0.05, 0) is 25.2 Å². The molecule has 2 saturated carbocycles. The standard InChI is InChI=1S/C6H10N2O/c7-5(9)8-6-2-1-4(6)3-6/h4H,1-3H2,(H3,7,8,9). The van der Waals surface area contributed by atoms with Crippen LogP contribution in [-0.4, -0.2) is 11.6 Å². The first-order valence-corrected chi connectivity index (χ1v) is 3.31. The Kier molecular flexibility index (Phi) is 0.693.